The minimum absolute atomic E-state index is 0.248. The smallest absolute Gasteiger partial charge is 0.242 e. The summed E-state index contributed by atoms with van der Waals surface area (Å²) in [4.78, 5) is 4.70. The van der Waals surface area contributed by atoms with Crippen molar-refractivity contribution in [1.29, 1.82) is 0 Å². The van der Waals surface area contributed by atoms with Crippen molar-refractivity contribution in [2.45, 2.75) is 4.90 Å². The summed E-state index contributed by atoms with van der Waals surface area (Å²) in [5, 5.41) is 8.20. The summed E-state index contributed by atoms with van der Waals surface area (Å²) >= 11 is 0. The second-order valence-electron chi connectivity index (χ2n) is 6.71. The largest absolute Gasteiger partial charge is 0.496 e. The lowest BCUT2D eigenvalue weighted by Crippen LogP contribution is -2.22. The molecule has 8 heteroatoms. The van der Waals surface area contributed by atoms with Gasteiger partial charge in [0, 0.05) is 36.8 Å². The predicted molar refractivity (Wildman–Crippen MR) is 112 cm³/mol. The molecule has 0 aliphatic carbocycles. The van der Waals surface area contributed by atoms with Gasteiger partial charge >= 0.3 is 0 Å². The van der Waals surface area contributed by atoms with Crippen LogP contribution in [0, 0.1) is 0 Å². The number of aromatic amines is 1. The molecule has 29 heavy (non-hydrogen) atoms. The van der Waals surface area contributed by atoms with Crippen molar-refractivity contribution in [3.63, 3.8) is 0 Å². The van der Waals surface area contributed by atoms with E-state index in [-0.39, 0.29) is 4.90 Å². The van der Waals surface area contributed by atoms with Gasteiger partial charge in [0.1, 0.15) is 5.75 Å². The highest BCUT2D eigenvalue weighted by atomic mass is 32.2. The second-order valence-corrected chi connectivity index (χ2v) is 8.86. The molecule has 0 amide bonds. The Hall–Kier alpha value is -3.23. The lowest BCUT2D eigenvalue weighted by atomic mass is 10.0. The molecule has 4 aromatic rings. The van der Waals surface area contributed by atoms with E-state index >= 15 is 0 Å². The number of para-hydroxylation sites is 1. The van der Waals surface area contributed by atoms with E-state index in [1.807, 2.05) is 30.3 Å². The van der Waals surface area contributed by atoms with E-state index in [1.165, 1.54) is 18.4 Å². The number of hydrogen-bond donors (Lipinski definition) is 1. The normalized spacial score (nSPS) is 11.9. The molecule has 1 N–H and O–H groups in total. The maximum Gasteiger partial charge on any atom is 0.242 e. The van der Waals surface area contributed by atoms with Crippen LogP contribution in [0.5, 0.6) is 5.75 Å². The summed E-state index contributed by atoms with van der Waals surface area (Å²) < 4.78 is 31.2. The SMILES string of the molecule is COc1ccccc1-c1[nH]nc2ncc(-c3ccc(S(=O)(=O)N(C)C)cc3)cc12. The molecule has 0 fully saturated rings. The van der Waals surface area contributed by atoms with Gasteiger partial charge in [-0.25, -0.2) is 17.7 Å². The number of aromatic nitrogens is 3. The average molecular weight is 408 g/mol. The first-order chi connectivity index (χ1) is 13.9. The second kappa shape index (κ2) is 7.31. The van der Waals surface area contributed by atoms with Crippen LogP contribution in [0.1, 0.15) is 0 Å². The van der Waals surface area contributed by atoms with E-state index in [4.69, 9.17) is 4.74 Å². The summed E-state index contributed by atoms with van der Waals surface area (Å²) in [6.45, 7) is 0. The zero-order valence-electron chi connectivity index (χ0n) is 16.2. The minimum atomic E-state index is -3.46. The molecule has 0 atom stereocenters. The van der Waals surface area contributed by atoms with E-state index < -0.39 is 10.0 Å². The van der Waals surface area contributed by atoms with Crippen molar-refractivity contribution >= 4 is 21.1 Å². The Morgan fingerprint density at radius 2 is 1.72 bits per heavy atom. The molecule has 0 aliphatic rings. The van der Waals surface area contributed by atoms with Crippen molar-refractivity contribution in [1.82, 2.24) is 19.5 Å². The van der Waals surface area contributed by atoms with Gasteiger partial charge in [-0.3, -0.25) is 5.10 Å². The summed E-state index contributed by atoms with van der Waals surface area (Å²) in [7, 11) is 1.19. The van der Waals surface area contributed by atoms with Crippen LogP contribution in [0.2, 0.25) is 0 Å². The standard InChI is InChI=1S/C21H20N4O3S/c1-25(2)29(26,27)16-10-8-14(9-11-16)15-12-18-20(23-24-21(18)22-13-15)17-6-4-5-7-19(17)28-3/h4-13H,1-3H3,(H,22,23,24). The van der Waals surface area contributed by atoms with Crippen LogP contribution in [0.3, 0.4) is 0 Å². The highest BCUT2D eigenvalue weighted by molar-refractivity contribution is 7.89. The molecule has 0 unspecified atom stereocenters. The molecule has 0 aliphatic heterocycles. The Morgan fingerprint density at radius 1 is 1.00 bits per heavy atom. The lowest BCUT2D eigenvalue weighted by molar-refractivity contribution is 0.416. The molecule has 2 aromatic heterocycles. The Balaban J connectivity index is 1.79. The number of nitrogens with one attached hydrogen (secondary N) is 1. The topological polar surface area (TPSA) is 88.2 Å². The van der Waals surface area contributed by atoms with Crippen LogP contribution >= 0.6 is 0 Å². The van der Waals surface area contributed by atoms with Crippen molar-refractivity contribution in [3.05, 3.63) is 60.8 Å². The number of rotatable bonds is 5. The van der Waals surface area contributed by atoms with Crippen LogP contribution in [-0.2, 0) is 10.0 Å². The fraction of sp³-hybridized carbons (Fsp3) is 0.143. The lowest BCUT2D eigenvalue weighted by Gasteiger charge is -2.11. The predicted octanol–water partition coefficient (Wildman–Crippen LogP) is 3.55. The van der Waals surface area contributed by atoms with Crippen LogP contribution in [0.25, 0.3) is 33.4 Å². The average Bonchev–Trinajstić information content (AvgIpc) is 3.16. The third kappa shape index (κ3) is 3.37. The highest BCUT2D eigenvalue weighted by Crippen LogP contribution is 2.34. The number of benzene rings is 2. The number of nitrogens with zero attached hydrogens (tertiary/aromatic N) is 3. The molecule has 148 valence electrons. The van der Waals surface area contributed by atoms with Gasteiger partial charge in [-0.2, -0.15) is 5.10 Å². The molecule has 0 saturated heterocycles. The van der Waals surface area contributed by atoms with E-state index in [2.05, 4.69) is 15.2 Å². The molecule has 2 heterocycles. The van der Waals surface area contributed by atoms with Gasteiger partial charge in [0.05, 0.1) is 17.7 Å². The van der Waals surface area contributed by atoms with Crippen LogP contribution in [0.4, 0.5) is 0 Å². The molecular weight excluding hydrogens is 388 g/mol. The summed E-state index contributed by atoms with van der Waals surface area (Å²) in [5.74, 6) is 0.738. The van der Waals surface area contributed by atoms with Crippen LogP contribution < -0.4 is 4.74 Å². The first-order valence-electron chi connectivity index (χ1n) is 8.92. The molecule has 7 nitrogen and oxygen atoms in total. The summed E-state index contributed by atoms with van der Waals surface area (Å²) in [6.07, 6.45) is 1.73. The summed E-state index contributed by atoms with van der Waals surface area (Å²) in [5.41, 5.74) is 4.04. The molecule has 0 spiro atoms. The van der Waals surface area contributed by atoms with Crippen molar-refractivity contribution in [2.75, 3.05) is 21.2 Å². The number of pyridine rings is 1. The van der Waals surface area contributed by atoms with Gasteiger partial charge in [0.15, 0.2) is 5.65 Å². The number of H-pyrrole nitrogens is 1. The number of hydrogen-bond acceptors (Lipinski definition) is 5. The van der Waals surface area contributed by atoms with Gasteiger partial charge in [-0.15, -0.1) is 0 Å². The first kappa shape index (κ1) is 19.1. The third-order valence-corrected chi connectivity index (χ3v) is 6.58. The van der Waals surface area contributed by atoms with E-state index in [0.717, 1.165) is 33.5 Å². The Labute approximate surface area is 169 Å². The Bertz CT molecular complexity index is 1280. The fourth-order valence-corrected chi connectivity index (χ4v) is 4.05. The van der Waals surface area contributed by atoms with Crippen LogP contribution in [0.15, 0.2) is 65.7 Å². The number of sulfonamides is 1. The highest BCUT2D eigenvalue weighted by Gasteiger charge is 2.17. The van der Waals surface area contributed by atoms with Crippen molar-refractivity contribution in [3.8, 4) is 28.1 Å². The Kier molecular flexibility index (Phi) is 4.81. The number of methoxy groups -OCH3 is 1. The maximum atomic E-state index is 12.3. The molecule has 2 aromatic carbocycles. The molecular formula is C21H20N4O3S. The zero-order chi connectivity index (χ0) is 20.6. The van der Waals surface area contributed by atoms with Gasteiger partial charge in [0.25, 0.3) is 0 Å². The fourth-order valence-electron chi connectivity index (χ4n) is 3.14. The number of ether oxygens (including phenoxy) is 1. The maximum absolute atomic E-state index is 12.3. The van der Waals surface area contributed by atoms with E-state index in [0.29, 0.717) is 5.65 Å². The molecule has 4 rings (SSSR count). The van der Waals surface area contributed by atoms with E-state index in [1.54, 1.807) is 37.6 Å². The van der Waals surface area contributed by atoms with Crippen molar-refractivity contribution < 1.29 is 13.2 Å². The number of fused-ring (bicyclic) bond motifs is 1. The minimum Gasteiger partial charge on any atom is -0.496 e. The quantitative estimate of drug-likeness (QED) is 0.546. The third-order valence-electron chi connectivity index (χ3n) is 4.75. The van der Waals surface area contributed by atoms with Crippen LogP contribution in [-0.4, -0.2) is 49.1 Å². The first-order valence-corrected chi connectivity index (χ1v) is 10.4. The van der Waals surface area contributed by atoms with E-state index in [9.17, 15) is 8.42 Å². The molecule has 0 radical (unpaired) electrons. The van der Waals surface area contributed by atoms with Gasteiger partial charge in [-0.1, -0.05) is 24.3 Å². The summed E-state index contributed by atoms with van der Waals surface area (Å²) in [6, 6.07) is 16.5. The van der Waals surface area contributed by atoms with Gasteiger partial charge in [-0.05, 0) is 35.9 Å². The molecule has 0 bridgehead atoms. The zero-order valence-corrected chi connectivity index (χ0v) is 17.1. The monoisotopic (exact) mass is 408 g/mol. The molecule has 0 saturated carbocycles. The van der Waals surface area contributed by atoms with Crippen molar-refractivity contribution in [2.24, 2.45) is 0 Å². The van der Waals surface area contributed by atoms with Gasteiger partial charge in [0.2, 0.25) is 10.0 Å². The van der Waals surface area contributed by atoms with Gasteiger partial charge < -0.3 is 4.74 Å². The Morgan fingerprint density at radius 3 is 2.41 bits per heavy atom.